The number of Topliss-reactive ketones (excluding diaryl/α,β-unsaturated/α-hetero) is 1. The fourth-order valence-electron chi connectivity index (χ4n) is 4.64. The molecule has 4 aromatic rings. The summed E-state index contributed by atoms with van der Waals surface area (Å²) in [4.78, 5) is 16.3. The van der Waals surface area contributed by atoms with Gasteiger partial charge in [-0.05, 0) is 85.8 Å². The molecule has 0 radical (unpaired) electrons. The van der Waals surface area contributed by atoms with Gasteiger partial charge in [-0.2, -0.15) is 0 Å². The van der Waals surface area contributed by atoms with Gasteiger partial charge in [0.05, 0.1) is 30.1 Å². The number of para-hydroxylation sites is 1. The molecule has 224 valence electrons. The largest absolute Gasteiger partial charge is 0.497 e. The molecule has 0 aliphatic rings. The van der Waals surface area contributed by atoms with E-state index in [1.54, 1.807) is 0 Å². The van der Waals surface area contributed by atoms with Crippen molar-refractivity contribution in [3.63, 3.8) is 0 Å². The number of sulfonamides is 1. The second kappa shape index (κ2) is 13.3. The maximum Gasteiger partial charge on any atom is 0.240 e. The van der Waals surface area contributed by atoms with Gasteiger partial charge in [0.2, 0.25) is 10.0 Å². The molecule has 0 atom stereocenters. The normalized spacial score (nSPS) is 12.0. The minimum atomic E-state index is -3.93. The van der Waals surface area contributed by atoms with Gasteiger partial charge in [0, 0.05) is 22.5 Å². The van der Waals surface area contributed by atoms with Gasteiger partial charge >= 0.3 is 0 Å². The summed E-state index contributed by atoms with van der Waals surface area (Å²) in [5, 5.41) is 1.54. The quantitative estimate of drug-likeness (QED) is 0.147. The van der Waals surface area contributed by atoms with Crippen molar-refractivity contribution >= 4 is 48.1 Å². The number of hydrogen-bond acceptors (Lipinski definition) is 7. The molecule has 1 aromatic heterocycles. The van der Waals surface area contributed by atoms with Crippen LogP contribution in [0.3, 0.4) is 0 Å². The Morgan fingerprint density at radius 3 is 2.29 bits per heavy atom. The minimum absolute atomic E-state index is 0.0233. The number of rotatable bonds is 14. The van der Waals surface area contributed by atoms with E-state index in [9.17, 15) is 21.6 Å². The first-order valence-electron chi connectivity index (χ1n) is 13.3. The van der Waals surface area contributed by atoms with E-state index < -0.39 is 37.1 Å². The van der Waals surface area contributed by atoms with Crippen LogP contribution in [0.4, 0.5) is 0 Å². The van der Waals surface area contributed by atoms with Gasteiger partial charge in [0.1, 0.15) is 17.3 Å². The van der Waals surface area contributed by atoms with E-state index in [1.165, 1.54) is 31.4 Å². The zero-order valence-electron chi connectivity index (χ0n) is 23.6. The number of H-pyrrole nitrogens is 1. The standard InChI is InChI=1S/C30H33ClN2O7S2/c1-20-17-23(18-21(2)29(20)31)40-15-6-8-26-25-7-4-5-9-27(25)33-30(26)28(34)19-41(35,36)16-14-32-42(37,38)24-12-10-22(39-3)11-13-24/h4-5,7,9-13,17-18,32-33H,6,8,14-16,19H2,1-3H3. The van der Waals surface area contributed by atoms with Crippen LogP contribution in [0.1, 0.15) is 33.6 Å². The predicted molar refractivity (Wildman–Crippen MR) is 164 cm³/mol. The highest BCUT2D eigenvalue weighted by atomic mass is 35.5. The Labute approximate surface area is 251 Å². The minimum Gasteiger partial charge on any atom is -0.497 e. The van der Waals surface area contributed by atoms with Crippen LogP contribution < -0.4 is 14.2 Å². The third kappa shape index (κ3) is 7.71. The molecule has 0 fully saturated rings. The molecule has 0 saturated carbocycles. The maximum absolute atomic E-state index is 13.2. The van der Waals surface area contributed by atoms with Gasteiger partial charge in [-0.25, -0.2) is 21.6 Å². The number of nitrogens with one attached hydrogen (secondary N) is 2. The van der Waals surface area contributed by atoms with Gasteiger partial charge in [0.25, 0.3) is 0 Å². The van der Waals surface area contributed by atoms with Crippen LogP contribution in [0.2, 0.25) is 5.02 Å². The van der Waals surface area contributed by atoms with Gasteiger partial charge in [-0.3, -0.25) is 4.79 Å². The molecule has 2 N–H and O–H groups in total. The van der Waals surface area contributed by atoms with Crippen LogP contribution in [0.25, 0.3) is 10.9 Å². The van der Waals surface area contributed by atoms with E-state index in [2.05, 4.69) is 9.71 Å². The zero-order chi connectivity index (χ0) is 30.5. The number of methoxy groups -OCH3 is 1. The van der Waals surface area contributed by atoms with E-state index in [-0.39, 0.29) is 17.1 Å². The molecule has 0 spiro atoms. The lowest BCUT2D eigenvalue weighted by molar-refractivity contribution is 0.101. The monoisotopic (exact) mass is 632 g/mol. The smallest absolute Gasteiger partial charge is 0.240 e. The Hall–Kier alpha value is -3.38. The zero-order valence-corrected chi connectivity index (χ0v) is 26.0. The van der Waals surface area contributed by atoms with Crippen molar-refractivity contribution in [2.75, 3.05) is 31.8 Å². The molecule has 0 unspecified atom stereocenters. The highest BCUT2D eigenvalue weighted by Crippen LogP contribution is 2.27. The number of hydrogen-bond donors (Lipinski definition) is 2. The van der Waals surface area contributed by atoms with Gasteiger partial charge in [0.15, 0.2) is 15.6 Å². The highest BCUT2D eigenvalue weighted by molar-refractivity contribution is 7.92. The van der Waals surface area contributed by atoms with Crippen LogP contribution in [0.15, 0.2) is 65.6 Å². The van der Waals surface area contributed by atoms with E-state index in [1.807, 2.05) is 50.2 Å². The molecule has 4 rings (SSSR count). The second-order valence-electron chi connectivity index (χ2n) is 9.94. The van der Waals surface area contributed by atoms with Crippen molar-refractivity contribution in [2.24, 2.45) is 0 Å². The predicted octanol–water partition coefficient (Wildman–Crippen LogP) is 5.03. The summed E-state index contributed by atoms with van der Waals surface area (Å²) in [6.07, 6.45) is 1.07. The van der Waals surface area contributed by atoms with E-state index in [0.717, 1.165) is 27.6 Å². The Kier molecular flexibility index (Phi) is 9.98. The van der Waals surface area contributed by atoms with Crippen molar-refractivity contribution in [1.82, 2.24) is 9.71 Å². The van der Waals surface area contributed by atoms with Crippen LogP contribution in [0.5, 0.6) is 11.5 Å². The second-order valence-corrected chi connectivity index (χ2v) is 14.3. The fraction of sp³-hybridized carbons (Fsp3) is 0.300. The number of ether oxygens (including phenoxy) is 2. The lowest BCUT2D eigenvalue weighted by atomic mass is 10.0. The summed E-state index contributed by atoms with van der Waals surface area (Å²) in [5.74, 6) is -0.665. The Bertz CT molecular complexity index is 1780. The van der Waals surface area contributed by atoms with Crippen molar-refractivity contribution < 1.29 is 31.1 Å². The Morgan fingerprint density at radius 1 is 0.952 bits per heavy atom. The number of carbonyl (C=O) groups excluding carboxylic acids is 1. The molecular formula is C30H33ClN2O7S2. The topological polar surface area (TPSA) is 132 Å². The third-order valence-electron chi connectivity index (χ3n) is 6.77. The number of sulfone groups is 1. The molecular weight excluding hydrogens is 600 g/mol. The third-order valence-corrected chi connectivity index (χ3v) is 10.4. The lowest BCUT2D eigenvalue weighted by Gasteiger charge is -2.11. The maximum atomic E-state index is 13.2. The van der Waals surface area contributed by atoms with Crippen LogP contribution >= 0.6 is 11.6 Å². The number of halogens is 1. The summed E-state index contributed by atoms with van der Waals surface area (Å²) < 4.78 is 64.0. The van der Waals surface area contributed by atoms with Crippen molar-refractivity contribution in [3.8, 4) is 11.5 Å². The van der Waals surface area contributed by atoms with E-state index in [4.69, 9.17) is 21.1 Å². The summed E-state index contributed by atoms with van der Waals surface area (Å²) in [6.45, 7) is 3.84. The average Bonchev–Trinajstić information content (AvgIpc) is 3.32. The summed E-state index contributed by atoms with van der Waals surface area (Å²) in [5.41, 5.74) is 3.53. The average molecular weight is 633 g/mol. The first-order valence-corrected chi connectivity index (χ1v) is 16.9. The number of fused-ring (bicyclic) bond motifs is 1. The van der Waals surface area contributed by atoms with E-state index in [0.29, 0.717) is 36.0 Å². The number of aromatic nitrogens is 1. The molecule has 42 heavy (non-hydrogen) atoms. The number of carbonyl (C=O) groups is 1. The lowest BCUT2D eigenvalue weighted by Crippen LogP contribution is -2.31. The van der Waals surface area contributed by atoms with Gasteiger partial charge in [-0.1, -0.05) is 29.8 Å². The van der Waals surface area contributed by atoms with Crippen molar-refractivity contribution in [2.45, 2.75) is 31.6 Å². The summed E-state index contributed by atoms with van der Waals surface area (Å²) in [7, 11) is -6.39. The van der Waals surface area contributed by atoms with Crippen LogP contribution in [-0.2, 0) is 26.3 Å². The molecule has 0 bridgehead atoms. The Morgan fingerprint density at radius 2 is 1.62 bits per heavy atom. The molecule has 3 aromatic carbocycles. The molecule has 0 saturated heterocycles. The number of ketones is 1. The molecule has 1 heterocycles. The number of benzene rings is 3. The number of aromatic amines is 1. The summed E-state index contributed by atoms with van der Waals surface area (Å²) in [6, 6.07) is 16.8. The summed E-state index contributed by atoms with van der Waals surface area (Å²) >= 11 is 6.24. The van der Waals surface area contributed by atoms with Gasteiger partial charge in [-0.15, -0.1) is 0 Å². The highest BCUT2D eigenvalue weighted by Gasteiger charge is 2.24. The molecule has 0 amide bonds. The van der Waals surface area contributed by atoms with Crippen molar-refractivity contribution in [1.29, 1.82) is 0 Å². The van der Waals surface area contributed by atoms with Gasteiger partial charge < -0.3 is 14.5 Å². The van der Waals surface area contributed by atoms with Crippen LogP contribution in [-0.4, -0.2) is 59.4 Å². The first kappa shape index (κ1) is 31.6. The number of aryl methyl sites for hydroxylation is 3. The van der Waals surface area contributed by atoms with Crippen LogP contribution in [0, 0.1) is 13.8 Å². The fourth-order valence-corrected chi connectivity index (χ4v) is 7.01. The SMILES string of the molecule is COc1ccc(S(=O)(=O)NCCS(=O)(=O)CC(=O)c2[nH]c3ccccc3c2CCCOc2cc(C)c(Cl)c(C)c2)cc1. The molecule has 12 heteroatoms. The molecule has 0 aliphatic heterocycles. The Balaban J connectivity index is 1.39. The molecule has 0 aliphatic carbocycles. The van der Waals surface area contributed by atoms with E-state index >= 15 is 0 Å². The molecule has 9 nitrogen and oxygen atoms in total. The first-order chi connectivity index (χ1) is 19.9. The van der Waals surface area contributed by atoms with Crippen molar-refractivity contribution in [3.05, 3.63) is 88.1 Å².